The lowest BCUT2D eigenvalue weighted by Gasteiger charge is -2.06. The van der Waals surface area contributed by atoms with Crippen molar-refractivity contribution in [1.82, 2.24) is 9.97 Å². The molecule has 0 aliphatic heterocycles. The van der Waals surface area contributed by atoms with Crippen molar-refractivity contribution in [2.24, 2.45) is 0 Å². The fourth-order valence-corrected chi connectivity index (χ4v) is 2.24. The van der Waals surface area contributed by atoms with Gasteiger partial charge >= 0.3 is 5.97 Å². The standard InChI is InChI=1S/C20H16N2O4/c1-25-17-9-7-14(8-10-17)18(23)13-26-20(24)16-11-21-19(22-12-16)15-5-3-2-4-6-15/h2-12H,13H2,1H3. The van der Waals surface area contributed by atoms with Gasteiger partial charge in [-0.1, -0.05) is 30.3 Å². The van der Waals surface area contributed by atoms with Crippen LogP contribution in [0, 0.1) is 0 Å². The zero-order valence-electron chi connectivity index (χ0n) is 14.1. The zero-order chi connectivity index (χ0) is 18.4. The molecule has 0 amide bonds. The Morgan fingerprint density at radius 2 is 1.54 bits per heavy atom. The molecule has 6 nitrogen and oxygen atoms in total. The highest BCUT2D eigenvalue weighted by Crippen LogP contribution is 2.14. The van der Waals surface area contributed by atoms with Crippen LogP contribution in [0.4, 0.5) is 0 Å². The number of carbonyl (C=O) groups excluding carboxylic acids is 2. The molecule has 3 aromatic rings. The van der Waals surface area contributed by atoms with E-state index in [1.807, 2.05) is 30.3 Å². The van der Waals surface area contributed by atoms with Crippen LogP contribution in [0.5, 0.6) is 5.75 Å². The minimum absolute atomic E-state index is 0.187. The second-order valence-corrected chi connectivity index (χ2v) is 5.39. The van der Waals surface area contributed by atoms with Gasteiger partial charge in [0.25, 0.3) is 0 Å². The van der Waals surface area contributed by atoms with Gasteiger partial charge in [-0.2, -0.15) is 0 Å². The number of ketones is 1. The maximum atomic E-state index is 12.1. The molecule has 130 valence electrons. The number of esters is 1. The summed E-state index contributed by atoms with van der Waals surface area (Å²) < 4.78 is 10.1. The van der Waals surface area contributed by atoms with Gasteiger partial charge in [-0.25, -0.2) is 14.8 Å². The van der Waals surface area contributed by atoms with Gasteiger partial charge in [-0.15, -0.1) is 0 Å². The highest BCUT2D eigenvalue weighted by Gasteiger charge is 2.13. The summed E-state index contributed by atoms with van der Waals surface area (Å²) in [4.78, 5) is 32.5. The van der Waals surface area contributed by atoms with Gasteiger partial charge in [0.15, 0.2) is 18.2 Å². The molecule has 0 fully saturated rings. The first-order valence-electron chi connectivity index (χ1n) is 7.89. The normalized spacial score (nSPS) is 10.2. The van der Waals surface area contributed by atoms with E-state index in [4.69, 9.17) is 9.47 Å². The second-order valence-electron chi connectivity index (χ2n) is 5.39. The minimum Gasteiger partial charge on any atom is -0.497 e. The summed E-state index contributed by atoms with van der Waals surface area (Å²) in [6.07, 6.45) is 2.77. The van der Waals surface area contributed by atoms with Crippen molar-refractivity contribution in [2.45, 2.75) is 0 Å². The van der Waals surface area contributed by atoms with Crippen LogP contribution < -0.4 is 4.74 Å². The van der Waals surface area contributed by atoms with Gasteiger partial charge in [-0.3, -0.25) is 4.79 Å². The van der Waals surface area contributed by atoms with E-state index in [2.05, 4.69) is 9.97 Å². The fourth-order valence-electron chi connectivity index (χ4n) is 2.24. The molecule has 0 unspecified atom stereocenters. The molecule has 0 bridgehead atoms. The van der Waals surface area contributed by atoms with Crippen LogP contribution in [0.15, 0.2) is 67.0 Å². The molecule has 2 aromatic carbocycles. The lowest BCUT2D eigenvalue weighted by atomic mass is 10.1. The van der Waals surface area contributed by atoms with Crippen molar-refractivity contribution < 1.29 is 19.1 Å². The second kappa shape index (κ2) is 8.02. The number of benzene rings is 2. The number of rotatable bonds is 6. The molecule has 6 heteroatoms. The van der Waals surface area contributed by atoms with Crippen molar-refractivity contribution >= 4 is 11.8 Å². The summed E-state index contributed by atoms with van der Waals surface area (Å²) in [7, 11) is 1.55. The number of aromatic nitrogens is 2. The smallest absolute Gasteiger partial charge is 0.341 e. The van der Waals surface area contributed by atoms with Gasteiger partial charge in [0.1, 0.15) is 5.75 Å². The number of ether oxygens (including phenoxy) is 2. The fraction of sp³-hybridized carbons (Fsp3) is 0.100. The van der Waals surface area contributed by atoms with Crippen LogP contribution in [0.3, 0.4) is 0 Å². The van der Waals surface area contributed by atoms with Crippen LogP contribution in [-0.2, 0) is 4.74 Å². The lowest BCUT2D eigenvalue weighted by molar-refractivity contribution is 0.0474. The number of nitrogens with zero attached hydrogens (tertiary/aromatic N) is 2. The average molecular weight is 348 g/mol. The molecular weight excluding hydrogens is 332 g/mol. The molecule has 0 aliphatic rings. The molecule has 0 atom stereocenters. The highest BCUT2D eigenvalue weighted by atomic mass is 16.5. The Morgan fingerprint density at radius 3 is 2.15 bits per heavy atom. The van der Waals surface area contributed by atoms with E-state index >= 15 is 0 Å². The van der Waals surface area contributed by atoms with E-state index in [0.29, 0.717) is 17.1 Å². The van der Waals surface area contributed by atoms with E-state index in [1.54, 1.807) is 31.4 Å². The lowest BCUT2D eigenvalue weighted by Crippen LogP contribution is -2.14. The van der Waals surface area contributed by atoms with E-state index in [-0.39, 0.29) is 18.0 Å². The largest absolute Gasteiger partial charge is 0.497 e. The topological polar surface area (TPSA) is 78.4 Å². The zero-order valence-corrected chi connectivity index (χ0v) is 14.1. The Labute approximate surface area is 150 Å². The first-order valence-corrected chi connectivity index (χ1v) is 7.89. The van der Waals surface area contributed by atoms with Gasteiger partial charge in [0.2, 0.25) is 0 Å². The molecule has 3 rings (SSSR count). The summed E-state index contributed by atoms with van der Waals surface area (Å²) in [5.41, 5.74) is 1.48. The molecule has 0 spiro atoms. The monoisotopic (exact) mass is 348 g/mol. The summed E-state index contributed by atoms with van der Waals surface area (Å²) in [6, 6.07) is 16.0. The third-order valence-corrected chi connectivity index (χ3v) is 3.67. The number of hydrogen-bond acceptors (Lipinski definition) is 6. The third-order valence-electron chi connectivity index (χ3n) is 3.67. The first kappa shape index (κ1) is 17.3. The van der Waals surface area contributed by atoms with Crippen molar-refractivity contribution in [2.75, 3.05) is 13.7 Å². The third kappa shape index (κ3) is 4.10. The molecule has 26 heavy (non-hydrogen) atoms. The van der Waals surface area contributed by atoms with Crippen LogP contribution in [0.1, 0.15) is 20.7 Å². The first-order chi connectivity index (χ1) is 12.7. The summed E-state index contributed by atoms with van der Waals surface area (Å²) >= 11 is 0. The number of methoxy groups -OCH3 is 1. The molecule has 0 aliphatic carbocycles. The quantitative estimate of drug-likeness (QED) is 0.503. The molecule has 0 saturated carbocycles. The Kier molecular flexibility index (Phi) is 5.34. The van der Waals surface area contributed by atoms with Crippen LogP contribution >= 0.6 is 0 Å². The molecule has 0 radical (unpaired) electrons. The summed E-state index contributed by atoms with van der Waals surface area (Å²) in [5.74, 6) is 0.208. The summed E-state index contributed by atoms with van der Waals surface area (Å²) in [5, 5.41) is 0. The predicted octanol–water partition coefficient (Wildman–Crippen LogP) is 3.19. The summed E-state index contributed by atoms with van der Waals surface area (Å²) in [6.45, 7) is -0.356. The van der Waals surface area contributed by atoms with E-state index in [9.17, 15) is 9.59 Å². The van der Waals surface area contributed by atoms with Gasteiger partial charge in [-0.05, 0) is 24.3 Å². The van der Waals surface area contributed by atoms with Gasteiger partial charge in [0.05, 0.1) is 12.7 Å². The maximum Gasteiger partial charge on any atom is 0.341 e. The van der Waals surface area contributed by atoms with Crippen molar-refractivity contribution in [1.29, 1.82) is 0 Å². The van der Waals surface area contributed by atoms with Gasteiger partial charge in [0, 0.05) is 23.5 Å². The Morgan fingerprint density at radius 1 is 0.885 bits per heavy atom. The molecular formula is C20H16N2O4. The molecule has 0 saturated heterocycles. The Balaban J connectivity index is 1.60. The number of hydrogen-bond donors (Lipinski definition) is 0. The van der Waals surface area contributed by atoms with Crippen LogP contribution in [0.25, 0.3) is 11.4 Å². The van der Waals surface area contributed by atoms with E-state index in [1.165, 1.54) is 12.4 Å². The molecule has 0 N–H and O–H groups in total. The predicted molar refractivity (Wildman–Crippen MR) is 95.1 cm³/mol. The number of carbonyl (C=O) groups is 2. The van der Waals surface area contributed by atoms with E-state index in [0.717, 1.165) is 5.56 Å². The van der Waals surface area contributed by atoms with Crippen molar-refractivity contribution in [3.8, 4) is 17.1 Å². The maximum absolute atomic E-state index is 12.1. The van der Waals surface area contributed by atoms with Crippen LogP contribution in [0.2, 0.25) is 0 Å². The minimum atomic E-state index is -0.647. The molecule has 1 heterocycles. The average Bonchev–Trinajstić information content (AvgIpc) is 2.72. The SMILES string of the molecule is COc1ccc(C(=O)COC(=O)c2cnc(-c3ccccc3)nc2)cc1. The molecule has 1 aromatic heterocycles. The number of Topliss-reactive ketones (excluding diaryl/α,β-unsaturated/α-hetero) is 1. The van der Waals surface area contributed by atoms with E-state index < -0.39 is 5.97 Å². The Bertz CT molecular complexity index is 891. The Hall–Kier alpha value is -3.54. The van der Waals surface area contributed by atoms with Crippen LogP contribution in [-0.4, -0.2) is 35.4 Å². The highest BCUT2D eigenvalue weighted by molar-refractivity contribution is 5.99. The van der Waals surface area contributed by atoms with Gasteiger partial charge < -0.3 is 9.47 Å². The van der Waals surface area contributed by atoms with Crippen molar-refractivity contribution in [3.63, 3.8) is 0 Å². The van der Waals surface area contributed by atoms with Crippen molar-refractivity contribution in [3.05, 3.63) is 78.1 Å².